The first kappa shape index (κ1) is 22.0. The third kappa shape index (κ3) is 5.05. The van der Waals surface area contributed by atoms with Crippen molar-refractivity contribution in [1.82, 2.24) is 9.80 Å². The zero-order valence-corrected chi connectivity index (χ0v) is 17.8. The van der Waals surface area contributed by atoms with E-state index < -0.39 is 5.82 Å². The van der Waals surface area contributed by atoms with Crippen molar-refractivity contribution < 1.29 is 18.8 Å². The van der Waals surface area contributed by atoms with E-state index in [4.69, 9.17) is 11.6 Å². The smallest absolute Gasteiger partial charge is 0.255 e. The van der Waals surface area contributed by atoms with Crippen LogP contribution in [0, 0.1) is 19.7 Å². The Labute approximate surface area is 180 Å². The van der Waals surface area contributed by atoms with Crippen LogP contribution in [0.25, 0.3) is 0 Å². The van der Waals surface area contributed by atoms with Crippen molar-refractivity contribution >= 4 is 29.2 Å². The maximum Gasteiger partial charge on any atom is 0.255 e. The van der Waals surface area contributed by atoms with Gasteiger partial charge in [-0.25, -0.2) is 4.39 Å². The van der Waals surface area contributed by atoms with Crippen LogP contribution < -0.4 is 0 Å². The molecule has 2 aromatic rings. The molecule has 0 atom stereocenters. The fraction of sp³-hybridized carbons (Fsp3) is 0.348. The molecule has 0 aromatic heterocycles. The van der Waals surface area contributed by atoms with Crippen LogP contribution in [0.3, 0.4) is 0 Å². The molecule has 5 nitrogen and oxygen atoms in total. The van der Waals surface area contributed by atoms with Gasteiger partial charge in [0.15, 0.2) is 5.78 Å². The van der Waals surface area contributed by atoms with Gasteiger partial charge in [-0.15, -0.1) is 0 Å². The molecule has 158 valence electrons. The summed E-state index contributed by atoms with van der Waals surface area (Å²) in [6.07, 6.45) is 0.301. The van der Waals surface area contributed by atoms with E-state index in [2.05, 4.69) is 0 Å². The van der Waals surface area contributed by atoms with Gasteiger partial charge >= 0.3 is 0 Å². The molecule has 0 N–H and O–H groups in total. The van der Waals surface area contributed by atoms with E-state index in [0.717, 1.165) is 17.2 Å². The Morgan fingerprint density at radius 1 is 0.900 bits per heavy atom. The van der Waals surface area contributed by atoms with Crippen molar-refractivity contribution in [3.05, 3.63) is 69.5 Å². The van der Waals surface area contributed by atoms with Gasteiger partial charge in [-0.05, 0) is 49.2 Å². The molecule has 30 heavy (non-hydrogen) atoms. The van der Waals surface area contributed by atoms with Crippen LogP contribution in [0.4, 0.5) is 4.39 Å². The average Bonchev–Trinajstić information content (AvgIpc) is 2.73. The summed E-state index contributed by atoms with van der Waals surface area (Å²) in [5.41, 5.74) is 3.04. The number of nitrogens with zero attached hydrogens (tertiary/aromatic N) is 2. The van der Waals surface area contributed by atoms with Crippen LogP contribution in [-0.4, -0.2) is 53.6 Å². The van der Waals surface area contributed by atoms with Crippen LogP contribution in [0.15, 0.2) is 36.4 Å². The van der Waals surface area contributed by atoms with Crippen molar-refractivity contribution in [3.8, 4) is 0 Å². The SMILES string of the molecule is Cc1ccc(C(=O)CCC(=O)N2CCN(C(=O)c3ccc(F)cc3Cl)CC2)cc1C. The van der Waals surface area contributed by atoms with E-state index in [-0.39, 0.29) is 41.0 Å². The van der Waals surface area contributed by atoms with Gasteiger partial charge < -0.3 is 9.80 Å². The van der Waals surface area contributed by atoms with Gasteiger partial charge in [0, 0.05) is 44.6 Å². The second kappa shape index (κ2) is 9.39. The predicted molar refractivity (Wildman–Crippen MR) is 113 cm³/mol. The molecule has 7 heteroatoms. The molecule has 1 aliphatic heterocycles. The zero-order valence-electron chi connectivity index (χ0n) is 17.1. The molecule has 1 saturated heterocycles. The average molecular weight is 431 g/mol. The molecule has 2 aromatic carbocycles. The van der Waals surface area contributed by atoms with E-state index in [1.54, 1.807) is 15.9 Å². The summed E-state index contributed by atoms with van der Waals surface area (Å²) < 4.78 is 13.2. The molecule has 1 aliphatic rings. The van der Waals surface area contributed by atoms with E-state index >= 15 is 0 Å². The number of hydrogen-bond acceptors (Lipinski definition) is 3. The highest BCUT2D eigenvalue weighted by molar-refractivity contribution is 6.33. The minimum absolute atomic E-state index is 0.0498. The van der Waals surface area contributed by atoms with E-state index in [1.807, 2.05) is 26.0 Å². The van der Waals surface area contributed by atoms with Gasteiger partial charge in [0.05, 0.1) is 10.6 Å². The molecule has 0 aliphatic carbocycles. The molecule has 0 bridgehead atoms. The molecule has 0 saturated carbocycles. The monoisotopic (exact) mass is 430 g/mol. The minimum atomic E-state index is -0.498. The largest absolute Gasteiger partial charge is 0.339 e. The molecule has 0 unspecified atom stereocenters. The second-order valence-electron chi connectivity index (χ2n) is 7.52. The number of ketones is 1. The summed E-state index contributed by atoms with van der Waals surface area (Å²) in [6.45, 7) is 5.45. The number of piperazine rings is 1. The lowest BCUT2D eigenvalue weighted by Gasteiger charge is -2.35. The van der Waals surface area contributed by atoms with Gasteiger partial charge in [-0.2, -0.15) is 0 Å². The Hall–Kier alpha value is -2.73. The maximum absolute atomic E-state index is 13.2. The number of Topliss-reactive ketones (excluding diaryl/α,β-unsaturated/α-hetero) is 1. The van der Waals surface area contributed by atoms with Gasteiger partial charge in [0.25, 0.3) is 5.91 Å². The lowest BCUT2D eigenvalue weighted by Crippen LogP contribution is -2.50. The highest BCUT2D eigenvalue weighted by Gasteiger charge is 2.26. The number of halogens is 2. The predicted octanol–water partition coefficient (Wildman–Crippen LogP) is 4.04. The van der Waals surface area contributed by atoms with Crippen LogP contribution in [0.5, 0.6) is 0 Å². The van der Waals surface area contributed by atoms with Crippen LogP contribution in [-0.2, 0) is 4.79 Å². The van der Waals surface area contributed by atoms with E-state index in [0.29, 0.717) is 31.7 Å². The summed E-state index contributed by atoms with van der Waals surface area (Å²) in [6, 6.07) is 9.24. The van der Waals surface area contributed by atoms with Crippen molar-refractivity contribution in [2.45, 2.75) is 26.7 Å². The lowest BCUT2D eigenvalue weighted by atomic mass is 10.0. The molecule has 2 amide bonds. The number of rotatable bonds is 5. The summed E-state index contributed by atoms with van der Waals surface area (Å²) >= 11 is 5.98. The number of amides is 2. The van der Waals surface area contributed by atoms with E-state index in [9.17, 15) is 18.8 Å². The topological polar surface area (TPSA) is 57.7 Å². The minimum Gasteiger partial charge on any atom is -0.339 e. The highest BCUT2D eigenvalue weighted by atomic mass is 35.5. The molecular formula is C23H24ClFN2O3. The third-order valence-corrected chi connectivity index (χ3v) is 5.79. The molecule has 0 radical (unpaired) electrons. The van der Waals surface area contributed by atoms with Gasteiger partial charge in [-0.3, -0.25) is 14.4 Å². The Bertz CT molecular complexity index is 984. The van der Waals surface area contributed by atoms with Crippen molar-refractivity contribution in [1.29, 1.82) is 0 Å². The van der Waals surface area contributed by atoms with E-state index in [1.165, 1.54) is 12.1 Å². The van der Waals surface area contributed by atoms with Crippen LogP contribution in [0.2, 0.25) is 5.02 Å². The first-order chi connectivity index (χ1) is 14.3. The molecular weight excluding hydrogens is 407 g/mol. The number of carbonyl (C=O) groups is 3. The lowest BCUT2D eigenvalue weighted by molar-refractivity contribution is -0.132. The second-order valence-corrected chi connectivity index (χ2v) is 7.93. The molecule has 1 fully saturated rings. The number of aryl methyl sites for hydroxylation is 2. The highest BCUT2D eigenvalue weighted by Crippen LogP contribution is 2.20. The van der Waals surface area contributed by atoms with Crippen molar-refractivity contribution in [2.75, 3.05) is 26.2 Å². The summed E-state index contributed by atoms with van der Waals surface area (Å²) in [7, 11) is 0. The Kier molecular flexibility index (Phi) is 6.87. The Morgan fingerprint density at radius 3 is 2.20 bits per heavy atom. The Balaban J connectivity index is 1.50. The number of hydrogen-bond donors (Lipinski definition) is 0. The first-order valence-corrected chi connectivity index (χ1v) is 10.3. The van der Waals surface area contributed by atoms with Crippen LogP contribution in [0.1, 0.15) is 44.7 Å². The molecule has 1 heterocycles. The molecule has 0 spiro atoms. The maximum atomic E-state index is 13.2. The Morgan fingerprint density at radius 2 is 1.57 bits per heavy atom. The fourth-order valence-electron chi connectivity index (χ4n) is 3.43. The van der Waals surface area contributed by atoms with Gasteiger partial charge in [-0.1, -0.05) is 23.7 Å². The van der Waals surface area contributed by atoms with Crippen molar-refractivity contribution in [3.63, 3.8) is 0 Å². The van der Waals surface area contributed by atoms with Gasteiger partial charge in [0.2, 0.25) is 5.91 Å². The number of benzene rings is 2. The standard InChI is InChI=1S/C23H24ClFN2O3/c1-15-3-4-17(13-16(15)2)21(28)7-8-22(29)26-9-11-27(12-10-26)23(30)19-6-5-18(25)14-20(19)24/h3-6,13-14H,7-12H2,1-2H3. The fourth-order valence-corrected chi connectivity index (χ4v) is 3.68. The third-order valence-electron chi connectivity index (χ3n) is 5.48. The zero-order chi connectivity index (χ0) is 21.8. The van der Waals surface area contributed by atoms with Crippen molar-refractivity contribution in [2.24, 2.45) is 0 Å². The number of carbonyl (C=O) groups excluding carboxylic acids is 3. The normalized spacial score (nSPS) is 14.0. The van der Waals surface area contributed by atoms with Gasteiger partial charge in [0.1, 0.15) is 5.82 Å². The summed E-state index contributed by atoms with van der Waals surface area (Å²) in [5, 5.41) is 0.0726. The molecule has 3 rings (SSSR count). The first-order valence-electron chi connectivity index (χ1n) is 9.89. The summed E-state index contributed by atoms with van der Waals surface area (Å²) in [5.74, 6) is -0.926. The quantitative estimate of drug-likeness (QED) is 0.672. The summed E-state index contributed by atoms with van der Waals surface area (Å²) in [4.78, 5) is 40.8. The van der Waals surface area contributed by atoms with Crippen LogP contribution >= 0.6 is 11.6 Å².